The maximum absolute atomic E-state index is 12.3. The lowest BCUT2D eigenvalue weighted by Crippen LogP contribution is -2.26. The van der Waals surface area contributed by atoms with Crippen molar-refractivity contribution in [1.82, 2.24) is 4.90 Å². The molecule has 0 radical (unpaired) electrons. The zero-order valence-electron chi connectivity index (χ0n) is 12.2. The number of benzene rings is 2. The van der Waals surface area contributed by atoms with Gasteiger partial charge >= 0.3 is 0 Å². The summed E-state index contributed by atoms with van der Waals surface area (Å²) in [6.07, 6.45) is 0. The molecule has 2 N–H and O–H groups in total. The van der Waals surface area contributed by atoms with E-state index < -0.39 is 0 Å². The van der Waals surface area contributed by atoms with E-state index in [-0.39, 0.29) is 5.91 Å². The van der Waals surface area contributed by atoms with Gasteiger partial charge in [0.1, 0.15) is 0 Å². The summed E-state index contributed by atoms with van der Waals surface area (Å²) in [6.45, 7) is 4.75. The van der Waals surface area contributed by atoms with Gasteiger partial charge < -0.3 is 10.6 Å². The number of anilines is 1. The lowest BCUT2D eigenvalue weighted by Gasteiger charge is -2.19. The molecule has 3 heteroatoms. The molecule has 0 fully saturated rings. The van der Waals surface area contributed by atoms with E-state index in [0.29, 0.717) is 17.8 Å². The van der Waals surface area contributed by atoms with Crippen molar-refractivity contribution in [1.29, 1.82) is 0 Å². The van der Waals surface area contributed by atoms with Crippen LogP contribution >= 0.6 is 0 Å². The highest BCUT2D eigenvalue weighted by molar-refractivity contribution is 5.94. The first-order chi connectivity index (χ1) is 9.47. The SMILES string of the molecule is Cc1ccc(CN(C)C(=O)c2ccc(N)cc2)c(C)c1. The number of amides is 1. The molecule has 2 aromatic rings. The molecular formula is C17H20N2O. The van der Waals surface area contributed by atoms with Gasteiger partial charge in [-0.15, -0.1) is 0 Å². The first-order valence-electron chi connectivity index (χ1n) is 6.64. The van der Waals surface area contributed by atoms with Gasteiger partial charge in [-0.1, -0.05) is 23.8 Å². The van der Waals surface area contributed by atoms with Crippen LogP contribution in [0.15, 0.2) is 42.5 Å². The minimum Gasteiger partial charge on any atom is -0.399 e. The van der Waals surface area contributed by atoms with Crippen LogP contribution in [0.2, 0.25) is 0 Å². The van der Waals surface area contributed by atoms with Crippen LogP contribution in [0.5, 0.6) is 0 Å². The Labute approximate surface area is 120 Å². The molecule has 0 spiro atoms. The van der Waals surface area contributed by atoms with Gasteiger partial charge in [0.25, 0.3) is 5.91 Å². The fourth-order valence-corrected chi connectivity index (χ4v) is 2.20. The second-order valence-corrected chi connectivity index (χ2v) is 5.21. The van der Waals surface area contributed by atoms with Crippen molar-refractivity contribution in [3.63, 3.8) is 0 Å². The molecule has 0 unspecified atom stereocenters. The third kappa shape index (κ3) is 3.18. The molecule has 2 rings (SSSR count). The van der Waals surface area contributed by atoms with Gasteiger partial charge in [0.2, 0.25) is 0 Å². The van der Waals surface area contributed by atoms with Crippen molar-refractivity contribution < 1.29 is 4.79 Å². The molecule has 0 atom stereocenters. The Kier molecular flexibility index (Phi) is 4.08. The highest BCUT2D eigenvalue weighted by Gasteiger charge is 2.12. The molecule has 0 saturated heterocycles. The lowest BCUT2D eigenvalue weighted by atomic mass is 10.1. The summed E-state index contributed by atoms with van der Waals surface area (Å²) in [6, 6.07) is 13.3. The number of aryl methyl sites for hydroxylation is 2. The third-order valence-electron chi connectivity index (χ3n) is 3.41. The minimum atomic E-state index is 0.00461. The van der Waals surface area contributed by atoms with Crippen molar-refractivity contribution in [3.05, 3.63) is 64.7 Å². The van der Waals surface area contributed by atoms with Crippen molar-refractivity contribution >= 4 is 11.6 Å². The zero-order chi connectivity index (χ0) is 14.7. The maximum Gasteiger partial charge on any atom is 0.253 e. The molecule has 0 aliphatic heterocycles. The number of nitrogens with two attached hydrogens (primary N) is 1. The zero-order valence-corrected chi connectivity index (χ0v) is 12.2. The van der Waals surface area contributed by atoms with Crippen LogP contribution in [-0.4, -0.2) is 17.9 Å². The summed E-state index contributed by atoms with van der Waals surface area (Å²) in [5.41, 5.74) is 10.6. The molecule has 0 heterocycles. The van der Waals surface area contributed by atoms with Crippen molar-refractivity contribution in [2.75, 3.05) is 12.8 Å². The largest absolute Gasteiger partial charge is 0.399 e. The smallest absolute Gasteiger partial charge is 0.253 e. The van der Waals surface area contributed by atoms with E-state index in [1.807, 2.05) is 7.05 Å². The molecule has 0 saturated carbocycles. The van der Waals surface area contributed by atoms with E-state index in [9.17, 15) is 4.79 Å². The molecule has 2 aromatic carbocycles. The van der Waals surface area contributed by atoms with Crippen molar-refractivity contribution in [2.45, 2.75) is 20.4 Å². The van der Waals surface area contributed by atoms with E-state index in [0.717, 1.165) is 0 Å². The third-order valence-corrected chi connectivity index (χ3v) is 3.41. The summed E-state index contributed by atoms with van der Waals surface area (Å²) in [7, 11) is 1.82. The van der Waals surface area contributed by atoms with E-state index in [4.69, 9.17) is 5.73 Å². The first kappa shape index (κ1) is 14.1. The average molecular weight is 268 g/mol. The number of hydrogen-bond acceptors (Lipinski definition) is 2. The van der Waals surface area contributed by atoms with Crippen LogP contribution in [0, 0.1) is 13.8 Å². The molecule has 0 aromatic heterocycles. The Morgan fingerprint density at radius 2 is 1.75 bits per heavy atom. The van der Waals surface area contributed by atoms with E-state index in [1.54, 1.807) is 29.2 Å². The van der Waals surface area contributed by atoms with Gasteiger partial charge in [-0.25, -0.2) is 0 Å². The first-order valence-corrected chi connectivity index (χ1v) is 6.64. The standard InChI is InChI=1S/C17H20N2O/c1-12-4-5-15(13(2)10-12)11-19(3)17(20)14-6-8-16(18)9-7-14/h4-10H,11,18H2,1-3H3. The maximum atomic E-state index is 12.3. The molecule has 0 aliphatic carbocycles. The lowest BCUT2D eigenvalue weighted by molar-refractivity contribution is 0.0785. The predicted octanol–water partition coefficient (Wildman–Crippen LogP) is 3.16. The number of rotatable bonds is 3. The molecular weight excluding hydrogens is 248 g/mol. The van der Waals surface area contributed by atoms with Crippen LogP contribution in [-0.2, 0) is 6.54 Å². The predicted molar refractivity (Wildman–Crippen MR) is 82.6 cm³/mol. The van der Waals surface area contributed by atoms with E-state index in [1.165, 1.54) is 16.7 Å². The van der Waals surface area contributed by atoms with Gasteiger partial charge in [-0.05, 0) is 49.2 Å². The van der Waals surface area contributed by atoms with E-state index in [2.05, 4.69) is 32.0 Å². The molecule has 104 valence electrons. The molecule has 0 bridgehead atoms. The summed E-state index contributed by atoms with van der Waals surface area (Å²) in [5.74, 6) is 0.00461. The second-order valence-electron chi connectivity index (χ2n) is 5.21. The fourth-order valence-electron chi connectivity index (χ4n) is 2.20. The number of nitrogens with zero attached hydrogens (tertiary/aromatic N) is 1. The minimum absolute atomic E-state index is 0.00461. The summed E-state index contributed by atoms with van der Waals surface area (Å²) >= 11 is 0. The quantitative estimate of drug-likeness (QED) is 0.869. The van der Waals surface area contributed by atoms with E-state index >= 15 is 0 Å². The summed E-state index contributed by atoms with van der Waals surface area (Å²) in [4.78, 5) is 14.0. The Morgan fingerprint density at radius 1 is 1.10 bits per heavy atom. The second kappa shape index (κ2) is 5.78. The molecule has 1 amide bonds. The van der Waals surface area contributed by atoms with Crippen LogP contribution in [0.4, 0.5) is 5.69 Å². The van der Waals surface area contributed by atoms with Gasteiger partial charge in [-0.3, -0.25) is 4.79 Å². The Balaban J connectivity index is 2.13. The van der Waals surface area contributed by atoms with Gasteiger partial charge in [0.15, 0.2) is 0 Å². The highest BCUT2D eigenvalue weighted by atomic mass is 16.2. The number of carbonyl (C=O) groups is 1. The average Bonchev–Trinajstić information content (AvgIpc) is 2.42. The van der Waals surface area contributed by atoms with Crippen LogP contribution in [0.25, 0.3) is 0 Å². The molecule has 0 aliphatic rings. The van der Waals surface area contributed by atoms with Crippen molar-refractivity contribution in [2.24, 2.45) is 0 Å². The number of nitrogen functional groups attached to an aromatic ring is 1. The molecule has 20 heavy (non-hydrogen) atoms. The topological polar surface area (TPSA) is 46.3 Å². The van der Waals surface area contributed by atoms with Gasteiger partial charge in [0, 0.05) is 24.8 Å². The normalized spacial score (nSPS) is 10.3. The van der Waals surface area contributed by atoms with Gasteiger partial charge in [-0.2, -0.15) is 0 Å². The fraction of sp³-hybridized carbons (Fsp3) is 0.235. The van der Waals surface area contributed by atoms with Crippen LogP contribution in [0.3, 0.4) is 0 Å². The monoisotopic (exact) mass is 268 g/mol. The molecule has 3 nitrogen and oxygen atoms in total. The van der Waals surface area contributed by atoms with Gasteiger partial charge in [0.05, 0.1) is 0 Å². The number of hydrogen-bond donors (Lipinski definition) is 1. The summed E-state index contributed by atoms with van der Waals surface area (Å²) in [5, 5.41) is 0. The Hall–Kier alpha value is -2.29. The Morgan fingerprint density at radius 3 is 2.35 bits per heavy atom. The summed E-state index contributed by atoms with van der Waals surface area (Å²) < 4.78 is 0. The van der Waals surface area contributed by atoms with Crippen molar-refractivity contribution in [3.8, 4) is 0 Å². The Bertz CT molecular complexity index is 617. The number of carbonyl (C=O) groups excluding carboxylic acids is 1. The van der Waals surface area contributed by atoms with Crippen LogP contribution < -0.4 is 5.73 Å². The highest BCUT2D eigenvalue weighted by Crippen LogP contribution is 2.14. The van der Waals surface area contributed by atoms with Crippen LogP contribution in [0.1, 0.15) is 27.0 Å².